The summed E-state index contributed by atoms with van der Waals surface area (Å²) in [6, 6.07) is 8.76. The second kappa shape index (κ2) is 10.4. The number of benzene rings is 1. The van der Waals surface area contributed by atoms with Gasteiger partial charge in [-0.15, -0.1) is 0 Å². The summed E-state index contributed by atoms with van der Waals surface area (Å²) in [7, 11) is 2.05. The fraction of sp³-hybridized carbons (Fsp3) is 0.647. The van der Waals surface area contributed by atoms with Crippen molar-refractivity contribution < 1.29 is 0 Å². The summed E-state index contributed by atoms with van der Waals surface area (Å²) >= 11 is 3.57. The molecule has 0 saturated heterocycles. The van der Waals surface area contributed by atoms with Crippen molar-refractivity contribution in [3.05, 3.63) is 34.3 Å². The van der Waals surface area contributed by atoms with Crippen LogP contribution in [0.5, 0.6) is 0 Å². The van der Waals surface area contributed by atoms with Crippen LogP contribution in [0.3, 0.4) is 0 Å². The molecule has 0 fully saturated rings. The number of rotatable bonds is 10. The van der Waals surface area contributed by atoms with Gasteiger partial charge in [0.25, 0.3) is 0 Å². The largest absolute Gasteiger partial charge is 0.319 e. The van der Waals surface area contributed by atoms with Crippen molar-refractivity contribution in [2.24, 2.45) is 0 Å². The zero-order valence-corrected chi connectivity index (χ0v) is 14.0. The topological polar surface area (TPSA) is 12.0 Å². The number of hydrogen-bond donors (Lipinski definition) is 1. The predicted molar refractivity (Wildman–Crippen MR) is 88.8 cm³/mol. The van der Waals surface area contributed by atoms with Crippen molar-refractivity contribution in [1.82, 2.24) is 5.32 Å². The molecule has 1 N–H and O–H groups in total. The van der Waals surface area contributed by atoms with Gasteiger partial charge in [-0.05, 0) is 37.1 Å². The van der Waals surface area contributed by atoms with Crippen molar-refractivity contribution in [3.8, 4) is 0 Å². The van der Waals surface area contributed by atoms with E-state index >= 15 is 0 Å². The van der Waals surface area contributed by atoms with E-state index < -0.39 is 0 Å². The number of nitrogens with one attached hydrogen (secondary N) is 1. The molecule has 1 nitrogen and oxygen atoms in total. The Morgan fingerprint density at radius 2 is 1.84 bits per heavy atom. The third kappa shape index (κ3) is 7.12. The Balaban J connectivity index is 2.36. The van der Waals surface area contributed by atoms with Crippen LogP contribution in [0.1, 0.15) is 63.4 Å². The van der Waals surface area contributed by atoms with Crippen molar-refractivity contribution in [1.29, 1.82) is 0 Å². The molecular formula is C17H28BrN. The summed E-state index contributed by atoms with van der Waals surface area (Å²) in [5, 5.41) is 3.33. The smallest absolute Gasteiger partial charge is 0.0178 e. The lowest BCUT2D eigenvalue weighted by molar-refractivity contribution is 0.522. The fourth-order valence-electron chi connectivity index (χ4n) is 2.56. The van der Waals surface area contributed by atoms with Crippen molar-refractivity contribution in [3.63, 3.8) is 0 Å². The maximum absolute atomic E-state index is 3.57. The van der Waals surface area contributed by atoms with Gasteiger partial charge in [-0.25, -0.2) is 0 Å². The third-order valence-electron chi connectivity index (χ3n) is 3.68. The summed E-state index contributed by atoms with van der Waals surface area (Å²) < 4.78 is 1.19. The lowest BCUT2D eigenvalue weighted by Crippen LogP contribution is -2.17. The van der Waals surface area contributed by atoms with Gasteiger partial charge < -0.3 is 5.32 Å². The zero-order valence-electron chi connectivity index (χ0n) is 12.4. The highest BCUT2D eigenvalue weighted by molar-refractivity contribution is 9.10. The molecule has 0 heterocycles. The number of unbranched alkanes of at least 4 members (excludes halogenated alkanes) is 5. The van der Waals surface area contributed by atoms with Gasteiger partial charge in [0.15, 0.2) is 0 Å². The zero-order chi connectivity index (χ0) is 13.9. The maximum Gasteiger partial charge on any atom is 0.0178 e. The molecule has 0 saturated carbocycles. The lowest BCUT2D eigenvalue weighted by atomic mass is 9.93. The lowest BCUT2D eigenvalue weighted by Gasteiger charge is -2.17. The van der Waals surface area contributed by atoms with Gasteiger partial charge in [0.1, 0.15) is 0 Å². The molecule has 0 spiro atoms. The Bertz CT molecular complexity index is 338. The Labute approximate surface area is 127 Å². The summed E-state index contributed by atoms with van der Waals surface area (Å²) in [4.78, 5) is 0. The fourth-order valence-corrected chi connectivity index (χ4v) is 2.98. The van der Waals surface area contributed by atoms with Gasteiger partial charge in [-0.3, -0.25) is 0 Å². The maximum atomic E-state index is 3.57. The summed E-state index contributed by atoms with van der Waals surface area (Å²) in [5.74, 6) is 0.647. The van der Waals surface area contributed by atoms with Gasteiger partial charge >= 0.3 is 0 Å². The normalized spacial score (nSPS) is 12.6. The van der Waals surface area contributed by atoms with E-state index in [4.69, 9.17) is 0 Å². The molecule has 2 heteroatoms. The van der Waals surface area contributed by atoms with Crippen molar-refractivity contribution in [2.45, 2.75) is 57.8 Å². The van der Waals surface area contributed by atoms with Gasteiger partial charge in [-0.1, -0.05) is 73.5 Å². The van der Waals surface area contributed by atoms with E-state index in [2.05, 4.69) is 52.4 Å². The predicted octanol–water partition coefficient (Wildman–Crippen LogP) is 5.50. The molecular weight excluding hydrogens is 298 g/mol. The molecule has 0 bridgehead atoms. The van der Waals surface area contributed by atoms with Crippen LogP contribution in [0.4, 0.5) is 0 Å². The van der Waals surface area contributed by atoms with Gasteiger partial charge in [0.05, 0.1) is 0 Å². The molecule has 1 rings (SSSR count). The molecule has 0 radical (unpaired) electrons. The molecule has 0 aromatic heterocycles. The Morgan fingerprint density at radius 1 is 1.11 bits per heavy atom. The molecule has 19 heavy (non-hydrogen) atoms. The van der Waals surface area contributed by atoms with E-state index in [9.17, 15) is 0 Å². The highest BCUT2D eigenvalue weighted by Gasteiger charge is 2.10. The van der Waals surface area contributed by atoms with Crippen LogP contribution < -0.4 is 5.32 Å². The average Bonchev–Trinajstić information content (AvgIpc) is 2.41. The van der Waals surface area contributed by atoms with Gasteiger partial charge in [0, 0.05) is 11.0 Å². The molecule has 1 aromatic rings. The highest BCUT2D eigenvalue weighted by atomic mass is 79.9. The molecule has 108 valence electrons. The van der Waals surface area contributed by atoms with Crippen LogP contribution in [0.2, 0.25) is 0 Å². The van der Waals surface area contributed by atoms with E-state index in [0.29, 0.717) is 5.92 Å². The first-order valence-corrected chi connectivity index (χ1v) is 8.47. The number of hydrogen-bond acceptors (Lipinski definition) is 1. The molecule has 1 atom stereocenters. The van der Waals surface area contributed by atoms with E-state index in [1.54, 1.807) is 0 Å². The Kier molecular flexibility index (Phi) is 9.19. The molecule has 0 aliphatic heterocycles. The second-order valence-electron chi connectivity index (χ2n) is 5.37. The summed E-state index contributed by atoms with van der Waals surface area (Å²) in [6.07, 6.45) is 9.56. The minimum Gasteiger partial charge on any atom is -0.319 e. The van der Waals surface area contributed by atoms with E-state index in [-0.39, 0.29) is 0 Å². The van der Waals surface area contributed by atoms with Crippen LogP contribution in [0, 0.1) is 0 Å². The van der Waals surface area contributed by atoms with Crippen LogP contribution >= 0.6 is 15.9 Å². The quantitative estimate of drug-likeness (QED) is 0.560. The molecule has 0 aliphatic rings. The van der Waals surface area contributed by atoms with Crippen LogP contribution in [-0.4, -0.2) is 13.6 Å². The first-order chi connectivity index (χ1) is 9.27. The Hall–Kier alpha value is -0.340. The first-order valence-electron chi connectivity index (χ1n) is 7.68. The minimum atomic E-state index is 0.647. The average molecular weight is 326 g/mol. The first kappa shape index (κ1) is 16.7. The van der Waals surface area contributed by atoms with Crippen LogP contribution in [-0.2, 0) is 0 Å². The van der Waals surface area contributed by atoms with Crippen LogP contribution in [0.15, 0.2) is 28.7 Å². The van der Waals surface area contributed by atoms with Gasteiger partial charge in [0.2, 0.25) is 0 Å². The van der Waals surface area contributed by atoms with E-state index in [0.717, 1.165) is 6.54 Å². The molecule has 1 unspecified atom stereocenters. The summed E-state index contributed by atoms with van der Waals surface area (Å²) in [6.45, 7) is 3.35. The van der Waals surface area contributed by atoms with Gasteiger partial charge in [-0.2, -0.15) is 0 Å². The monoisotopic (exact) mass is 325 g/mol. The van der Waals surface area contributed by atoms with Crippen LogP contribution in [0.25, 0.3) is 0 Å². The molecule has 1 aromatic carbocycles. The Morgan fingerprint density at radius 3 is 2.53 bits per heavy atom. The van der Waals surface area contributed by atoms with E-state index in [1.807, 2.05) is 7.05 Å². The third-order valence-corrected chi connectivity index (χ3v) is 4.17. The molecule has 0 aliphatic carbocycles. The number of halogens is 1. The standard InChI is InChI=1S/C17H28BrN/c1-3-4-5-6-7-8-10-16(14-19-2)15-11-9-12-17(18)13-15/h9,11-13,16,19H,3-8,10,14H2,1-2H3. The van der Waals surface area contributed by atoms with Crippen molar-refractivity contribution in [2.75, 3.05) is 13.6 Å². The van der Waals surface area contributed by atoms with Crippen molar-refractivity contribution >= 4 is 15.9 Å². The SMILES string of the molecule is CCCCCCCCC(CNC)c1cccc(Br)c1. The number of likely N-dealkylation sites (N-methyl/N-ethyl adjacent to an activating group) is 1. The van der Waals surface area contributed by atoms with E-state index in [1.165, 1.54) is 55.0 Å². The summed E-state index contributed by atoms with van der Waals surface area (Å²) in [5.41, 5.74) is 1.46. The second-order valence-corrected chi connectivity index (χ2v) is 6.28. The minimum absolute atomic E-state index is 0.647. The molecule has 0 amide bonds. The highest BCUT2D eigenvalue weighted by Crippen LogP contribution is 2.24.